The monoisotopic (exact) mass is 265 g/mol. The Labute approximate surface area is 113 Å². The average molecular weight is 265 g/mol. The van der Waals surface area contributed by atoms with Crippen molar-refractivity contribution in [2.45, 2.75) is 44.2 Å². The van der Waals surface area contributed by atoms with E-state index in [2.05, 4.69) is 10.3 Å². The summed E-state index contributed by atoms with van der Waals surface area (Å²) < 4.78 is 0. The maximum Gasteiger partial charge on any atom is 0.106 e. The predicted molar refractivity (Wildman–Crippen MR) is 76.6 cm³/mol. The van der Waals surface area contributed by atoms with Gasteiger partial charge in [-0.2, -0.15) is 0 Å². The van der Waals surface area contributed by atoms with Gasteiger partial charge in [0.2, 0.25) is 0 Å². The standard InChI is InChI=1S/C13H19N3OS/c14-13(18)9-6-7-15-8-11(9)16-10-4-2-1-3-5-12(10)17/h6-8,10,12,16-17H,1-5H2,(H2,14,18). The second kappa shape index (κ2) is 6.11. The number of aromatic nitrogens is 1. The molecule has 98 valence electrons. The van der Waals surface area contributed by atoms with Gasteiger partial charge in [0, 0.05) is 11.8 Å². The highest BCUT2D eigenvalue weighted by atomic mass is 32.1. The fourth-order valence-electron chi connectivity index (χ4n) is 2.38. The second-order valence-corrected chi connectivity index (χ2v) is 5.18. The normalized spacial score (nSPS) is 24.3. The van der Waals surface area contributed by atoms with Crippen molar-refractivity contribution in [3.63, 3.8) is 0 Å². The van der Waals surface area contributed by atoms with Crippen LogP contribution in [0.5, 0.6) is 0 Å². The molecule has 0 radical (unpaired) electrons. The first-order valence-electron chi connectivity index (χ1n) is 6.37. The maximum absolute atomic E-state index is 10.1. The number of anilines is 1. The number of hydrogen-bond donors (Lipinski definition) is 3. The lowest BCUT2D eigenvalue weighted by Gasteiger charge is -2.24. The topological polar surface area (TPSA) is 71.2 Å². The molecule has 1 aromatic rings. The fourth-order valence-corrected chi connectivity index (χ4v) is 2.56. The van der Waals surface area contributed by atoms with Crippen molar-refractivity contribution in [3.8, 4) is 0 Å². The van der Waals surface area contributed by atoms with Gasteiger partial charge in [-0.15, -0.1) is 0 Å². The van der Waals surface area contributed by atoms with Gasteiger partial charge >= 0.3 is 0 Å². The molecule has 2 atom stereocenters. The van der Waals surface area contributed by atoms with Gasteiger partial charge in [0.25, 0.3) is 0 Å². The molecular weight excluding hydrogens is 246 g/mol. The molecule has 1 aliphatic carbocycles. The van der Waals surface area contributed by atoms with Crippen LogP contribution in [0.25, 0.3) is 0 Å². The summed E-state index contributed by atoms with van der Waals surface area (Å²) in [5.74, 6) is 0. The van der Waals surface area contributed by atoms with Crippen LogP contribution in [0.4, 0.5) is 5.69 Å². The molecule has 1 saturated carbocycles. The van der Waals surface area contributed by atoms with Crippen LogP contribution in [0.2, 0.25) is 0 Å². The third kappa shape index (κ3) is 3.17. The van der Waals surface area contributed by atoms with Gasteiger partial charge in [-0.1, -0.05) is 31.5 Å². The van der Waals surface area contributed by atoms with Crippen LogP contribution in [-0.4, -0.2) is 27.2 Å². The molecule has 1 fully saturated rings. The van der Waals surface area contributed by atoms with Crippen LogP contribution in [-0.2, 0) is 0 Å². The molecule has 0 saturated heterocycles. The molecule has 1 heterocycles. The van der Waals surface area contributed by atoms with Crippen LogP contribution in [0.15, 0.2) is 18.5 Å². The molecule has 0 bridgehead atoms. The first-order chi connectivity index (χ1) is 8.68. The van der Waals surface area contributed by atoms with E-state index >= 15 is 0 Å². The molecule has 1 aliphatic rings. The number of pyridine rings is 1. The van der Waals surface area contributed by atoms with E-state index in [1.165, 1.54) is 6.42 Å². The number of nitrogens with zero attached hydrogens (tertiary/aromatic N) is 1. The van der Waals surface area contributed by atoms with Crippen molar-refractivity contribution in [1.82, 2.24) is 4.98 Å². The second-order valence-electron chi connectivity index (χ2n) is 4.74. The van der Waals surface area contributed by atoms with Crippen LogP contribution < -0.4 is 11.1 Å². The number of nitrogens with two attached hydrogens (primary N) is 1. The Bertz CT molecular complexity index is 424. The molecule has 1 aromatic heterocycles. The lowest BCUT2D eigenvalue weighted by Crippen LogP contribution is -2.33. The van der Waals surface area contributed by atoms with Gasteiger partial charge in [-0.25, -0.2) is 0 Å². The number of aliphatic hydroxyl groups is 1. The quantitative estimate of drug-likeness (QED) is 0.574. The minimum absolute atomic E-state index is 0.0600. The Morgan fingerprint density at radius 3 is 2.94 bits per heavy atom. The first-order valence-corrected chi connectivity index (χ1v) is 6.77. The molecule has 0 aliphatic heterocycles. The Hall–Kier alpha value is -1.20. The molecule has 4 N–H and O–H groups in total. The third-order valence-electron chi connectivity index (χ3n) is 3.41. The zero-order valence-corrected chi connectivity index (χ0v) is 11.1. The van der Waals surface area contributed by atoms with Gasteiger partial charge in [0.15, 0.2) is 0 Å². The summed E-state index contributed by atoms with van der Waals surface area (Å²) >= 11 is 5.02. The number of nitrogens with one attached hydrogen (secondary N) is 1. The summed E-state index contributed by atoms with van der Waals surface area (Å²) in [6, 6.07) is 1.86. The Morgan fingerprint density at radius 1 is 1.39 bits per heavy atom. The summed E-state index contributed by atoms with van der Waals surface area (Å²) in [7, 11) is 0. The largest absolute Gasteiger partial charge is 0.391 e. The van der Waals surface area contributed by atoms with E-state index in [-0.39, 0.29) is 12.1 Å². The summed E-state index contributed by atoms with van der Waals surface area (Å²) in [5, 5.41) is 13.4. The van der Waals surface area contributed by atoms with E-state index in [0.717, 1.165) is 36.9 Å². The molecule has 0 spiro atoms. The smallest absolute Gasteiger partial charge is 0.106 e. The van der Waals surface area contributed by atoms with Gasteiger partial charge in [-0.3, -0.25) is 4.98 Å². The van der Waals surface area contributed by atoms with E-state index in [1.54, 1.807) is 18.5 Å². The SMILES string of the molecule is NC(=S)c1ccncc1NC1CCCCCC1O. The van der Waals surface area contributed by atoms with Crippen molar-refractivity contribution in [2.75, 3.05) is 5.32 Å². The van der Waals surface area contributed by atoms with Gasteiger partial charge < -0.3 is 16.2 Å². The van der Waals surface area contributed by atoms with Crippen molar-refractivity contribution < 1.29 is 5.11 Å². The molecule has 5 heteroatoms. The lowest BCUT2D eigenvalue weighted by atomic mass is 10.1. The Kier molecular flexibility index (Phi) is 4.49. The van der Waals surface area contributed by atoms with Crippen LogP contribution >= 0.6 is 12.2 Å². The molecule has 0 amide bonds. The average Bonchev–Trinajstić information content (AvgIpc) is 2.55. The Morgan fingerprint density at radius 2 is 2.17 bits per heavy atom. The van der Waals surface area contributed by atoms with Gasteiger partial charge in [0.1, 0.15) is 4.99 Å². The van der Waals surface area contributed by atoms with Gasteiger partial charge in [-0.05, 0) is 18.9 Å². The summed E-state index contributed by atoms with van der Waals surface area (Å²) in [6.45, 7) is 0. The number of hydrogen-bond acceptors (Lipinski definition) is 4. The molecule has 2 rings (SSSR count). The zero-order valence-electron chi connectivity index (χ0n) is 10.3. The molecule has 0 aromatic carbocycles. The van der Waals surface area contributed by atoms with Crippen molar-refractivity contribution >= 4 is 22.9 Å². The van der Waals surface area contributed by atoms with E-state index in [1.807, 2.05) is 0 Å². The van der Waals surface area contributed by atoms with E-state index < -0.39 is 0 Å². The van der Waals surface area contributed by atoms with E-state index in [0.29, 0.717) is 4.99 Å². The van der Waals surface area contributed by atoms with Crippen LogP contribution in [0.1, 0.15) is 37.7 Å². The number of thiocarbonyl (C=S) groups is 1. The highest BCUT2D eigenvalue weighted by Crippen LogP contribution is 2.23. The molecule has 4 nitrogen and oxygen atoms in total. The predicted octanol–water partition coefficient (Wildman–Crippen LogP) is 1.82. The minimum atomic E-state index is -0.313. The van der Waals surface area contributed by atoms with Crippen LogP contribution in [0, 0.1) is 0 Å². The van der Waals surface area contributed by atoms with Crippen molar-refractivity contribution in [3.05, 3.63) is 24.0 Å². The third-order valence-corrected chi connectivity index (χ3v) is 3.63. The highest BCUT2D eigenvalue weighted by molar-refractivity contribution is 7.80. The molecular formula is C13H19N3OS. The van der Waals surface area contributed by atoms with E-state index in [9.17, 15) is 5.11 Å². The summed E-state index contributed by atoms with van der Waals surface area (Å²) in [5.41, 5.74) is 7.29. The Balaban J connectivity index is 2.14. The first kappa shape index (κ1) is 13.2. The highest BCUT2D eigenvalue weighted by Gasteiger charge is 2.22. The number of aliphatic hydroxyl groups excluding tert-OH is 1. The maximum atomic E-state index is 10.1. The minimum Gasteiger partial charge on any atom is -0.391 e. The summed E-state index contributed by atoms with van der Waals surface area (Å²) in [4.78, 5) is 4.43. The van der Waals surface area contributed by atoms with Crippen LogP contribution in [0.3, 0.4) is 0 Å². The molecule has 18 heavy (non-hydrogen) atoms. The summed E-state index contributed by atoms with van der Waals surface area (Å²) in [6.07, 6.45) is 8.30. The fraction of sp³-hybridized carbons (Fsp3) is 0.538. The van der Waals surface area contributed by atoms with Crippen molar-refractivity contribution in [1.29, 1.82) is 0 Å². The van der Waals surface area contributed by atoms with Gasteiger partial charge in [0.05, 0.1) is 24.0 Å². The van der Waals surface area contributed by atoms with E-state index in [4.69, 9.17) is 18.0 Å². The lowest BCUT2D eigenvalue weighted by molar-refractivity contribution is 0.144. The number of rotatable bonds is 3. The molecule has 2 unspecified atom stereocenters. The van der Waals surface area contributed by atoms with Crippen molar-refractivity contribution in [2.24, 2.45) is 5.73 Å². The zero-order chi connectivity index (χ0) is 13.0.